The largest absolute Gasteiger partial charge is 0.463 e. The molecule has 0 radical (unpaired) electrons. The fourth-order valence-corrected chi connectivity index (χ4v) is 7.07. The van der Waals surface area contributed by atoms with Gasteiger partial charge in [0.1, 0.15) is 0 Å². The zero-order chi connectivity index (χ0) is 33.6. The molecule has 6 rings (SSSR count). The Morgan fingerprint density at radius 2 is 1.46 bits per heavy atom. The van der Waals surface area contributed by atoms with Crippen molar-refractivity contribution < 1.29 is 19.1 Å². The minimum absolute atomic E-state index is 0.00346. The molecule has 0 bridgehead atoms. The second-order valence-corrected chi connectivity index (χ2v) is 12.7. The summed E-state index contributed by atoms with van der Waals surface area (Å²) >= 11 is 6.25. The number of ether oxygens (including phenoxy) is 1. The molecule has 2 aliphatic heterocycles. The molecule has 0 spiro atoms. The summed E-state index contributed by atoms with van der Waals surface area (Å²) in [6, 6.07) is 35.9. The van der Waals surface area contributed by atoms with Crippen LogP contribution in [0.25, 0.3) is 0 Å². The lowest BCUT2D eigenvalue weighted by Crippen LogP contribution is -2.49. The van der Waals surface area contributed by atoms with Crippen LogP contribution in [0.3, 0.4) is 0 Å². The third-order valence-electron chi connectivity index (χ3n) is 9.31. The average molecular weight is 662 g/mol. The van der Waals surface area contributed by atoms with E-state index in [9.17, 15) is 14.4 Å². The highest BCUT2D eigenvalue weighted by atomic mass is 35.5. The number of amides is 2. The Hall–Kier alpha value is -4.72. The van der Waals surface area contributed by atoms with Gasteiger partial charge in [-0.15, -0.1) is 0 Å². The number of carbonyl (C=O) groups is 3. The maximum absolute atomic E-state index is 13.6. The van der Waals surface area contributed by atoms with Crippen LogP contribution in [0.2, 0.25) is 5.02 Å². The summed E-state index contributed by atoms with van der Waals surface area (Å²) in [6.07, 6.45) is 0.129. The zero-order valence-electron chi connectivity index (χ0n) is 27.3. The van der Waals surface area contributed by atoms with E-state index in [2.05, 4.69) is 53.4 Å². The highest BCUT2D eigenvalue weighted by Gasteiger charge is 2.37. The van der Waals surface area contributed by atoms with Gasteiger partial charge in [-0.2, -0.15) is 0 Å². The Bertz CT molecular complexity index is 1740. The van der Waals surface area contributed by atoms with Crippen molar-refractivity contribution in [1.29, 1.82) is 0 Å². The van der Waals surface area contributed by atoms with Crippen molar-refractivity contribution >= 4 is 29.4 Å². The molecule has 0 aliphatic carbocycles. The summed E-state index contributed by atoms with van der Waals surface area (Å²) in [4.78, 5) is 46.2. The van der Waals surface area contributed by atoms with Crippen LogP contribution in [0.15, 0.2) is 120 Å². The van der Waals surface area contributed by atoms with E-state index < -0.39 is 11.9 Å². The van der Waals surface area contributed by atoms with Gasteiger partial charge < -0.3 is 14.5 Å². The van der Waals surface area contributed by atoms with E-state index in [1.165, 1.54) is 11.1 Å². The van der Waals surface area contributed by atoms with Gasteiger partial charge in [0.05, 0.1) is 24.8 Å². The maximum Gasteiger partial charge on any atom is 0.336 e. The molecule has 1 unspecified atom stereocenters. The maximum atomic E-state index is 13.6. The minimum atomic E-state index is -0.442. The van der Waals surface area contributed by atoms with Crippen LogP contribution in [0.4, 0.5) is 0 Å². The first kappa shape index (κ1) is 33.2. The number of allylic oxidation sites excluding steroid dienone is 1. The van der Waals surface area contributed by atoms with Crippen LogP contribution in [0.5, 0.6) is 0 Å². The highest BCUT2D eigenvalue weighted by molar-refractivity contribution is 6.30. The smallest absolute Gasteiger partial charge is 0.336 e. The molecule has 1 atom stereocenters. The SMILES string of the molecule is CCOC(=O)C1=C(C)N(Cc2ccc(C(=O)N3CCN(C(c4ccccc4)c4ccccc4)CC3)cc2)C(=O)CC1c1cccc(Cl)c1. The number of hydrogen-bond donors (Lipinski definition) is 0. The van der Waals surface area contributed by atoms with Crippen molar-refractivity contribution in [2.24, 2.45) is 0 Å². The molecule has 48 heavy (non-hydrogen) atoms. The van der Waals surface area contributed by atoms with Gasteiger partial charge in [0.15, 0.2) is 0 Å². The number of rotatable bonds is 9. The number of esters is 1. The monoisotopic (exact) mass is 661 g/mol. The van der Waals surface area contributed by atoms with Gasteiger partial charge >= 0.3 is 5.97 Å². The van der Waals surface area contributed by atoms with Crippen LogP contribution in [-0.4, -0.2) is 65.3 Å². The van der Waals surface area contributed by atoms with Crippen molar-refractivity contribution in [2.45, 2.75) is 38.8 Å². The zero-order valence-corrected chi connectivity index (χ0v) is 28.1. The third-order valence-corrected chi connectivity index (χ3v) is 9.54. The molecule has 4 aromatic carbocycles. The Morgan fingerprint density at radius 3 is 2.04 bits per heavy atom. The van der Waals surface area contributed by atoms with E-state index in [-0.39, 0.29) is 37.4 Å². The Morgan fingerprint density at radius 1 is 0.833 bits per heavy atom. The van der Waals surface area contributed by atoms with Crippen molar-refractivity contribution in [3.8, 4) is 0 Å². The highest BCUT2D eigenvalue weighted by Crippen LogP contribution is 2.38. The van der Waals surface area contributed by atoms with E-state index in [0.717, 1.165) is 24.2 Å². The van der Waals surface area contributed by atoms with Gasteiger partial charge in [0.2, 0.25) is 5.91 Å². The van der Waals surface area contributed by atoms with Crippen LogP contribution >= 0.6 is 11.6 Å². The van der Waals surface area contributed by atoms with Gasteiger partial charge in [-0.1, -0.05) is 96.5 Å². The summed E-state index contributed by atoms with van der Waals surface area (Å²) < 4.78 is 5.42. The molecule has 0 aromatic heterocycles. The second kappa shape index (κ2) is 15.0. The number of piperazine rings is 1. The Balaban J connectivity index is 1.14. The summed E-state index contributed by atoms with van der Waals surface area (Å²) in [6.45, 7) is 6.86. The summed E-state index contributed by atoms with van der Waals surface area (Å²) in [5.41, 5.74) is 5.79. The standard InChI is InChI=1S/C40H40ClN3O4/c1-3-48-40(47)37-28(2)44(36(45)26-35(37)33-15-10-16-34(41)25-33)27-29-17-19-32(20-18-29)39(46)43-23-21-42(22-24-43)38(30-11-6-4-7-12-30)31-13-8-5-9-14-31/h4-20,25,35,38H,3,21-24,26-27H2,1-2H3. The molecular formula is C40H40ClN3O4. The van der Waals surface area contributed by atoms with Crippen molar-refractivity contribution in [3.63, 3.8) is 0 Å². The van der Waals surface area contributed by atoms with E-state index in [1.54, 1.807) is 30.9 Å². The summed E-state index contributed by atoms with van der Waals surface area (Å²) in [7, 11) is 0. The minimum Gasteiger partial charge on any atom is -0.463 e. The van der Waals surface area contributed by atoms with Gasteiger partial charge in [0.25, 0.3) is 5.91 Å². The fourth-order valence-electron chi connectivity index (χ4n) is 6.87. The van der Waals surface area contributed by atoms with Gasteiger partial charge in [-0.05, 0) is 60.4 Å². The lowest BCUT2D eigenvalue weighted by molar-refractivity contribution is -0.140. The lowest BCUT2D eigenvalue weighted by Gasteiger charge is -2.39. The summed E-state index contributed by atoms with van der Waals surface area (Å²) in [5, 5.41) is 0.545. The van der Waals surface area contributed by atoms with E-state index in [0.29, 0.717) is 34.9 Å². The molecule has 4 aromatic rings. The van der Waals surface area contributed by atoms with E-state index in [1.807, 2.05) is 53.4 Å². The summed E-state index contributed by atoms with van der Waals surface area (Å²) in [5.74, 6) is -0.968. The van der Waals surface area contributed by atoms with E-state index >= 15 is 0 Å². The number of hydrogen-bond acceptors (Lipinski definition) is 5. The molecule has 2 aliphatic rings. The molecule has 7 nitrogen and oxygen atoms in total. The normalized spacial score (nSPS) is 17.2. The van der Waals surface area contributed by atoms with Crippen LogP contribution in [0, 0.1) is 0 Å². The molecule has 0 saturated carbocycles. The quantitative estimate of drug-likeness (QED) is 0.177. The number of halogens is 1. The molecule has 246 valence electrons. The first-order valence-electron chi connectivity index (χ1n) is 16.5. The Labute approximate surface area is 287 Å². The van der Waals surface area contributed by atoms with Gasteiger partial charge in [-0.3, -0.25) is 14.5 Å². The van der Waals surface area contributed by atoms with Crippen molar-refractivity contribution in [3.05, 3.63) is 153 Å². The number of carbonyl (C=O) groups excluding carboxylic acids is 3. The van der Waals surface area contributed by atoms with Crippen LogP contribution in [-0.2, 0) is 20.9 Å². The average Bonchev–Trinajstić information content (AvgIpc) is 3.11. The molecule has 2 amide bonds. The fraction of sp³-hybridized carbons (Fsp3) is 0.275. The topological polar surface area (TPSA) is 70.2 Å². The van der Waals surface area contributed by atoms with Crippen molar-refractivity contribution in [2.75, 3.05) is 32.8 Å². The third kappa shape index (κ3) is 7.23. The first-order chi connectivity index (χ1) is 23.3. The first-order valence-corrected chi connectivity index (χ1v) is 16.9. The number of benzene rings is 4. The second-order valence-electron chi connectivity index (χ2n) is 12.3. The van der Waals surface area contributed by atoms with Gasteiger partial charge in [-0.25, -0.2) is 4.79 Å². The number of nitrogens with zero attached hydrogens (tertiary/aromatic N) is 3. The molecule has 1 saturated heterocycles. The predicted molar refractivity (Wildman–Crippen MR) is 187 cm³/mol. The van der Waals surface area contributed by atoms with E-state index in [4.69, 9.17) is 16.3 Å². The van der Waals surface area contributed by atoms with Gasteiger partial charge in [0, 0.05) is 54.8 Å². The molecular weight excluding hydrogens is 622 g/mol. The molecule has 8 heteroatoms. The predicted octanol–water partition coefficient (Wildman–Crippen LogP) is 7.24. The molecule has 2 heterocycles. The lowest BCUT2D eigenvalue weighted by atomic mass is 9.83. The van der Waals surface area contributed by atoms with Crippen LogP contribution in [0.1, 0.15) is 64.8 Å². The molecule has 0 N–H and O–H groups in total. The van der Waals surface area contributed by atoms with Crippen molar-refractivity contribution in [1.82, 2.24) is 14.7 Å². The molecule has 1 fully saturated rings. The Kier molecular flexibility index (Phi) is 10.4. The van der Waals surface area contributed by atoms with Crippen LogP contribution < -0.4 is 0 Å².